The summed E-state index contributed by atoms with van der Waals surface area (Å²) in [6.45, 7) is 7.53. The van der Waals surface area contributed by atoms with E-state index in [1.165, 1.54) is 5.56 Å². The second-order valence-corrected chi connectivity index (χ2v) is 5.13. The largest absolute Gasteiger partial charge is 0.491 e. The van der Waals surface area contributed by atoms with E-state index >= 15 is 0 Å². The fourth-order valence-electron chi connectivity index (χ4n) is 2.15. The van der Waals surface area contributed by atoms with Gasteiger partial charge in [-0.2, -0.15) is 0 Å². The van der Waals surface area contributed by atoms with Crippen molar-refractivity contribution in [3.05, 3.63) is 29.8 Å². The Balaban J connectivity index is 2.17. The molecule has 0 aliphatic carbocycles. The highest BCUT2D eigenvalue weighted by Crippen LogP contribution is 2.35. The summed E-state index contributed by atoms with van der Waals surface area (Å²) in [6, 6.07) is 8.33. The third-order valence-corrected chi connectivity index (χ3v) is 3.39. The molecule has 0 radical (unpaired) electrons. The van der Waals surface area contributed by atoms with Gasteiger partial charge in [0.15, 0.2) is 0 Å². The second kappa shape index (κ2) is 4.67. The first kappa shape index (κ1) is 12.4. The van der Waals surface area contributed by atoms with Gasteiger partial charge in [0.05, 0.1) is 24.7 Å². The summed E-state index contributed by atoms with van der Waals surface area (Å²) in [5.41, 5.74) is 7.31. The molecule has 1 aliphatic heterocycles. The highest BCUT2D eigenvalue weighted by molar-refractivity contribution is 5.35. The SMILES string of the molecule is CC(C)Oc1ccc(C2(C(C)N)COC2)cc1. The molecule has 0 spiro atoms. The first-order valence-electron chi connectivity index (χ1n) is 6.15. The number of rotatable bonds is 4. The van der Waals surface area contributed by atoms with Gasteiger partial charge in [-0.05, 0) is 38.5 Å². The summed E-state index contributed by atoms with van der Waals surface area (Å²) in [4.78, 5) is 0. The van der Waals surface area contributed by atoms with Crippen molar-refractivity contribution in [1.82, 2.24) is 0 Å². The predicted octanol–water partition coefficient (Wildman–Crippen LogP) is 2.09. The number of nitrogens with two attached hydrogens (primary N) is 1. The molecule has 1 aromatic carbocycles. The Bertz CT molecular complexity index is 366. The van der Waals surface area contributed by atoms with Crippen molar-refractivity contribution in [2.24, 2.45) is 5.73 Å². The molecule has 0 aromatic heterocycles. The van der Waals surface area contributed by atoms with Crippen LogP contribution in [-0.4, -0.2) is 25.4 Å². The molecule has 0 bridgehead atoms. The van der Waals surface area contributed by atoms with E-state index in [0.717, 1.165) is 19.0 Å². The van der Waals surface area contributed by atoms with Crippen LogP contribution in [0.1, 0.15) is 26.3 Å². The summed E-state index contributed by atoms with van der Waals surface area (Å²) in [7, 11) is 0. The zero-order valence-electron chi connectivity index (χ0n) is 10.8. The van der Waals surface area contributed by atoms with Crippen LogP contribution in [0.5, 0.6) is 5.75 Å². The van der Waals surface area contributed by atoms with Crippen LogP contribution in [-0.2, 0) is 10.2 Å². The minimum atomic E-state index is -0.00361. The third-order valence-electron chi connectivity index (χ3n) is 3.39. The minimum absolute atomic E-state index is 0.00361. The Hall–Kier alpha value is -1.06. The van der Waals surface area contributed by atoms with Crippen molar-refractivity contribution in [3.63, 3.8) is 0 Å². The highest BCUT2D eigenvalue weighted by atomic mass is 16.5. The Morgan fingerprint density at radius 1 is 1.18 bits per heavy atom. The summed E-state index contributed by atoms with van der Waals surface area (Å²) in [5.74, 6) is 0.906. The lowest BCUT2D eigenvalue weighted by atomic mass is 9.73. The molecule has 3 heteroatoms. The van der Waals surface area contributed by atoms with Gasteiger partial charge in [0.25, 0.3) is 0 Å². The summed E-state index contributed by atoms with van der Waals surface area (Å²) >= 11 is 0. The molecule has 3 nitrogen and oxygen atoms in total. The van der Waals surface area contributed by atoms with Crippen LogP contribution >= 0.6 is 0 Å². The van der Waals surface area contributed by atoms with Crippen LogP contribution in [0.4, 0.5) is 0 Å². The summed E-state index contributed by atoms with van der Waals surface area (Å²) in [5, 5.41) is 0. The topological polar surface area (TPSA) is 44.5 Å². The van der Waals surface area contributed by atoms with Gasteiger partial charge in [-0.25, -0.2) is 0 Å². The Kier molecular flexibility index (Phi) is 3.40. The average molecular weight is 235 g/mol. The quantitative estimate of drug-likeness (QED) is 0.869. The number of ether oxygens (including phenoxy) is 2. The van der Waals surface area contributed by atoms with Gasteiger partial charge in [0, 0.05) is 6.04 Å². The lowest BCUT2D eigenvalue weighted by Gasteiger charge is -2.45. The van der Waals surface area contributed by atoms with E-state index in [0.29, 0.717) is 0 Å². The summed E-state index contributed by atoms with van der Waals surface area (Å²) < 4.78 is 11.0. The second-order valence-electron chi connectivity index (χ2n) is 5.13. The molecular formula is C14H21NO2. The van der Waals surface area contributed by atoms with E-state index in [4.69, 9.17) is 15.2 Å². The summed E-state index contributed by atoms with van der Waals surface area (Å²) in [6.07, 6.45) is 0.204. The molecule has 1 aromatic rings. The molecular weight excluding hydrogens is 214 g/mol. The van der Waals surface area contributed by atoms with Crippen molar-refractivity contribution in [2.45, 2.75) is 38.3 Å². The maximum atomic E-state index is 6.07. The van der Waals surface area contributed by atoms with Crippen LogP contribution in [0.2, 0.25) is 0 Å². The fourth-order valence-corrected chi connectivity index (χ4v) is 2.15. The van der Waals surface area contributed by atoms with Gasteiger partial charge >= 0.3 is 0 Å². The van der Waals surface area contributed by atoms with Gasteiger partial charge in [-0.3, -0.25) is 0 Å². The van der Waals surface area contributed by atoms with Gasteiger partial charge in [-0.15, -0.1) is 0 Å². The average Bonchev–Trinajstić information content (AvgIpc) is 2.17. The van der Waals surface area contributed by atoms with E-state index < -0.39 is 0 Å². The Morgan fingerprint density at radius 2 is 1.76 bits per heavy atom. The molecule has 0 amide bonds. The van der Waals surface area contributed by atoms with Crippen LogP contribution in [0.25, 0.3) is 0 Å². The maximum Gasteiger partial charge on any atom is 0.119 e. The molecule has 2 rings (SSSR count). The van der Waals surface area contributed by atoms with Gasteiger partial charge < -0.3 is 15.2 Å². The standard InChI is InChI=1S/C14H21NO2/c1-10(2)17-13-6-4-12(5-7-13)14(11(3)15)8-16-9-14/h4-7,10-11H,8-9,15H2,1-3H3. The van der Waals surface area contributed by atoms with E-state index in [2.05, 4.69) is 12.1 Å². The lowest BCUT2D eigenvalue weighted by Crippen LogP contribution is -2.57. The zero-order valence-corrected chi connectivity index (χ0v) is 10.8. The normalized spacial score (nSPS) is 19.8. The van der Waals surface area contributed by atoms with Crippen molar-refractivity contribution >= 4 is 0 Å². The number of benzene rings is 1. The first-order valence-corrected chi connectivity index (χ1v) is 6.15. The molecule has 1 saturated heterocycles. The van der Waals surface area contributed by atoms with E-state index in [1.54, 1.807) is 0 Å². The van der Waals surface area contributed by atoms with Crippen molar-refractivity contribution in [2.75, 3.05) is 13.2 Å². The van der Waals surface area contributed by atoms with Crippen molar-refractivity contribution < 1.29 is 9.47 Å². The van der Waals surface area contributed by atoms with E-state index in [1.807, 2.05) is 32.9 Å². The molecule has 2 N–H and O–H groups in total. The van der Waals surface area contributed by atoms with E-state index in [-0.39, 0.29) is 17.6 Å². The molecule has 17 heavy (non-hydrogen) atoms. The van der Waals surface area contributed by atoms with Gasteiger partial charge in [-0.1, -0.05) is 12.1 Å². The first-order chi connectivity index (χ1) is 8.04. The van der Waals surface area contributed by atoms with Crippen LogP contribution in [0.3, 0.4) is 0 Å². The highest BCUT2D eigenvalue weighted by Gasteiger charge is 2.43. The molecule has 1 atom stereocenters. The van der Waals surface area contributed by atoms with Crippen molar-refractivity contribution in [1.29, 1.82) is 0 Å². The molecule has 94 valence electrons. The fraction of sp³-hybridized carbons (Fsp3) is 0.571. The Morgan fingerprint density at radius 3 is 2.12 bits per heavy atom. The van der Waals surface area contributed by atoms with Gasteiger partial charge in [0.2, 0.25) is 0 Å². The third kappa shape index (κ3) is 2.31. The zero-order chi connectivity index (χ0) is 12.5. The van der Waals surface area contributed by atoms with Crippen LogP contribution in [0, 0.1) is 0 Å². The molecule has 1 aliphatic rings. The predicted molar refractivity (Wildman–Crippen MR) is 68.4 cm³/mol. The van der Waals surface area contributed by atoms with E-state index in [9.17, 15) is 0 Å². The lowest BCUT2D eigenvalue weighted by molar-refractivity contribution is -0.0701. The smallest absolute Gasteiger partial charge is 0.119 e. The van der Waals surface area contributed by atoms with Crippen LogP contribution < -0.4 is 10.5 Å². The molecule has 0 saturated carbocycles. The minimum Gasteiger partial charge on any atom is -0.491 e. The van der Waals surface area contributed by atoms with Crippen molar-refractivity contribution in [3.8, 4) is 5.75 Å². The number of hydrogen-bond donors (Lipinski definition) is 1. The van der Waals surface area contributed by atoms with Crippen LogP contribution in [0.15, 0.2) is 24.3 Å². The molecule has 1 fully saturated rings. The molecule has 1 unspecified atom stereocenters. The van der Waals surface area contributed by atoms with Gasteiger partial charge in [0.1, 0.15) is 5.75 Å². The maximum absolute atomic E-state index is 6.07. The monoisotopic (exact) mass is 235 g/mol. The number of hydrogen-bond acceptors (Lipinski definition) is 3. The Labute approximate surface area is 103 Å². The molecule has 1 heterocycles.